The Morgan fingerprint density at radius 1 is 0.906 bits per heavy atom. The molecule has 0 aliphatic heterocycles. The molecular formula is C27H29NO4. The number of aryl methyl sites for hydroxylation is 1. The van der Waals surface area contributed by atoms with E-state index >= 15 is 0 Å². The van der Waals surface area contributed by atoms with Crippen molar-refractivity contribution in [3.63, 3.8) is 0 Å². The Hall–Kier alpha value is -3.60. The highest BCUT2D eigenvalue weighted by Crippen LogP contribution is 2.49. The molecule has 0 unspecified atom stereocenters. The van der Waals surface area contributed by atoms with Crippen LogP contribution >= 0.6 is 0 Å². The van der Waals surface area contributed by atoms with Crippen LogP contribution in [0.15, 0.2) is 60.7 Å². The number of benzene rings is 3. The zero-order valence-electron chi connectivity index (χ0n) is 18.8. The van der Waals surface area contributed by atoms with E-state index in [2.05, 4.69) is 5.32 Å². The third-order valence-electron chi connectivity index (χ3n) is 6.22. The Bertz CT molecular complexity index is 1180. The number of carbonyl (C=O) groups is 2. The molecular weight excluding hydrogens is 402 g/mol. The van der Waals surface area contributed by atoms with E-state index in [9.17, 15) is 9.59 Å². The molecule has 1 saturated carbocycles. The van der Waals surface area contributed by atoms with Crippen LogP contribution in [0.4, 0.5) is 5.69 Å². The van der Waals surface area contributed by atoms with Crippen molar-refractivity contribution < 1.29 is 20.5 Å². The molecule has 1 N–H and O–H groups in total. The summed E-state index contributed by atoms with van der Waals surface area (Å²) in [6.07, 6.45) is 1.65. The van der Waals surface area contributed by atoms with Crippen molar-refractivity contribution in [2.45, 2.75) is 32.1 Å². The smallest absolute Gasteiger partial charge is 0.235 e. The fourth-order valence-electron chi connectivity index (χ4n) is 4.06. The first-order valence-electron chi connectivity index (χ1n) is 10.6. The van der Waals surface area contributed by atoms with Gasteiger partial charge in [-0.15, -0.1) is 0 Å². The molecule has 0 aromatic heterocycles. The highest BCUT2D eigenvalue weighted by molar-refractivity contribution is 6.02. The molecule has 0 radical (unpaired) electrons. The number of methoxy groups -OCH3 is 2. The molecule has 1 amide bonds. The molecule has 0 saturated heterocycles. The standard InChI is InChI=1S/C27H27NO4.H2/c1-17-5-9-21(16-24(17)23-12-6-19(18(2)29)15-25(23)32-4)28-26(30)27(13-14-27)20-7-10-22(31-3)11-8-20;/h5-12,15-16H,13-14H2,1-4H3,(H,28,30);1H. The van der Waals surface area contributed by atoms with E-state index in [1.165, 1.54) is 6.92 Å². The number of hydrogen-bond donors (Lipinski definition) is 1. The van der Waals surface area contributed by atoms with Gasteiger partial charge in [0.15, 0.2) is 5.78 Å². The molecule has 1 aliphatic rings. The first kappa shape index (κ1) is 21.6. The summed E-state index contributed by atoms with van der Waals surface area (Å²) in [7, 11) is 3.22. The number of ketones is 1. The summed E-state index contributed by atoms with van der Waals surface area (Å²) in [4.78, 5) is 25.0. The van der Waals surface area contributed by atoms with Gasteiger partial charge in [0.2, 0.25) is 5.91 Å². The zero-order valence-corrected chi connectivity index (χ0v) is 18.8. The maximum absolute atomic E-state index is 13.2. The summed E-state index contributed by atoms with van der Waals surface area (Å²) >= 11 is 0. The van der Waals surface area contributed by atoms with Gasteiger partial charge >= 0.3 is 0 Å². The van der Waals surface area contributed by atoms with Crippen molar-refractivity contribution in [2.75, 3.05) is 19.5 Å². The minimum absolute atomic E-state index is 0. The van der Waals surface area contributed by atoms with Gasteiger partial charge in [-0.1, -0.05) is 24.3 Å². The lowest BCUT2D eigenvalue weighted by molar-refractivity contribution is -0.118. The summed E-state index contributed by atoms with van der Waals surface area (Å²) in [5.74, 6) is 1.39. The number of Topliss-reactive ketones (excluding diaryl/α,β-unsaturated/α-hetero) is 1. The Labute approximate surface area is 189 Å². The number of hydrogen-bond acceptors (Lipinski definition) is 4. The number of amides is 1. The molecule has 32 heavy (non-hydrogen) atoms. The monoisotopic (exact) mass is 431 g/mol. The lowest BCUT2D eigenvalue weighted by Gasteiger charge is -2.18. The van der Waals surface area contributed by atoms with Crippen LogP contribution in [0.1, 0.15) is 42.7 Å². The van der Waals surface area contributed by atoms with Crippen LogP contribution in [0, 0.1) is 6.92 Å². The minimum Gasteiger partial charge on any atom is -0.497 e. The molecule has 5 nitrogen and oxygen atoms in total. The Morgan fingerprint density at radius 2 is 1.62 bits per heavy atom. The maximum Gasteiger partial charge on any atom is 0.235 e. The topological polar surface area (TPSA) is 64.6 Å². The summed E-state index contributed by atoms with van der Waals surface area (Å²) in [5.41, 5.74) is 4.72. The first-order chi connectivity index (χ1) is 15.4. The second-order valence-corrected chi connectivity index (χ2v) is 8.27. The molecule has 4 rings (SSSR count). The van der Waals surface area contributed by atoms with E-state index < -0.39 is 5.41 Å². The number of rotatable bonds is 7. The van der Waals surface area contributed by atoms with Gasteiger partial charge in [0.1, 0.15) is 11.5 Å². The van der Waals surface area contributed by atoms with Crippen LogP contribution in [0.25, 0.3) is 11.1 Å². The molecule has 0 spiro atoms. The van der Waals surface area contributed by atoms with E-state index in [0.717, 1.165) is 46.5 Å². The normalized spacial score (nSPS) is 13.9. The van der Waals surface area contributed by atoms with E-state index in [0.29, 0.717) is 11.3 Å². The highest BCUT2D eigenvalue weighted by Gasteiger charge is 2.51. The van der Waals surface area contributed by atoms with Crippen molar-refractivity contribution >= 4 is 17.4 Å². The molecule has 3 aromatic carbocycles. The zero-order chi connectivity index (χ0) is 22.9. The SMILES string of the molecule is COc1ccc(C2(C(=O)Nc3ccc(C)c(-c4ccc(C(C)=O)cc4OC)c3)CC2)cc1.[HH]. The van der Waals surface area contributed by atoms with Crippen LogP contribution in [0.5, 0.6) is 11.5 Å². The maximum atomic E-state index is 13.2. The molecule has 5 heteroatoms. The van der Waals surface area contributed by atoms with Crippen LogP contribution in [0.3, 0.4) is 0 Å². The van der Waals surface area contributed by atoms with E-state index in [4.69, 9.17) is 9.47 Å². The second kappa shape index (κ2) is 8.50. The third-order valence-corrected chi connectivity index (χ3v) is 6.22. The number of anilines is 1. The fourth-order valence-corrected chi connectivity index (χ4v) is 4.06. The van der Waals surface area contributed by atoms with Crippen molar-refractivity contribution in [1.82, 2.24) is 0 Å². The summed E-state index contributed by atoms with van der Waals surface area (Å²) in [6.45, 7) is 3.55. The number of carbonyl (C=O) groups excluding carboxylic acids is 2. The Morgan fingerprint density at radius 3 is 2.22 bits per heavy atom. The number of nitrogens with one attached hydrogen (secondary N) is 1. The molecule has 166 valence electrons. The Kier molecular flexibility index (Phi) is 5.74. The molecule has 0 heterocycles. The van der Waals surface area contributed by atoms with Gasteiger partial charge in [0.05, 0.1) is 19.6 Å². The average molecular weight is 432 g/mol. The summed E-state index contributed by atoms with van der Waals surface area (Å²) in [6, 6.07) is 19.0. The number of ether oxygens (including phenoxy) is 2. The second-order valence-electron chi connectivity index (χ2n) is 8.27. The predicted molar refractivity (Wildman–Crippen MR) is 128 cm³/mol. The van der Waals surface area contributed by atoms with Gasteiger partial charge in [-0.3, -0.25) is 9.59 Å². The van der Waals surface area contributed by atoms with Crippen LogP contribution in [0.2, 0.25) is 0 Å². The third kappa shape index (κ3) is 3.98. The predicted octanol–water partition coefficient (Wildman–Crippen LogP) is 5.80. The molecule has 0 atom stereocenters. The lowest BCUT2D eigenvalue weighted by atomic mass is 9.94. The van der Waals surface area contributed by atoms with Crippen molar-refractivity contribution in [1.29, 1.82) is 0 Å². The first-order valence-corrected chi connectivity index (χ1v) is 10.6. The molecule has 1 aliphatic carbocycles. The van der Waals surface area contributed by atoms with Gasteiger partial charge in [-0.2, -0.15) is 0 Å². The summed E-state index contributed by atoms with van der Waals surface area (Å²) in [5, 5.41) is 3.11. The van der Waals surface area contributed by atoms with Crippen molar-refractivity contribution in [3.05, 3.63) is 77.4 Å². The highest BCUT2D eigenvalue weighted by atomic mass is 16.5. The van der Waals surface area contributed by atoms with E-state index in [-0.39, 0.29) is 13.1 Å². The molecule has 3 aromatic rings. The average Bonchev–Trinajstić information content (AvgIpc) is 3.62. The minimum atomic E-state index is -0.488. The van der Waals surface area contributed by atoms with Gasteiger partial charge in [0.25, 0.3) is 0 Å². The Balaban J connectivity index is 0.00000306. The van der Waals surface area contributed by atoms with Crippen LogP contribution < -0.4 is 14.8 Å². The van der Waals surface area contributed by atoms with Crippen LogP contribution in [-0.4, -0.2) is 25.9 Å². The van der Waals surface area contributed by atoms with Gasteiger partial charge in [0, 0.05) is 18.2 Å². The summed E-state index contributed by atoms with van der Waals surface area (Å²) < 4.78 is 10.8. The quantitative estimate of drug-likeness (QED) is 0.480. The van der Waals surface area contributed by atoms with Crippen molar-refractivity contribution in [2.24, 2.45) is 0 Å². The van der Waals surface area contributed by atoms with Gasteiger partial charge < -0.3 is 14.8 Å². The molecule has 0 bridgehead atoms. The lowest BCUT2D eigenvalue weighted by Crippen LogP contribution is -2.27. The van der Waals surface area contributed by atoms with Crippen molar-refractivity contribution in [3.8, 4) is 22.6 Å². The van der Waals surface area contributed by atoms with Crippen LogP contribution in [-0.2, 0) is 10.2 Å². The molecule has 1 fully saturated rings. The van der Waals surface area contributed by atoms with Gasteiger partial charge in [-0.25, -0.2) is 0 Å². The van der Waals surface area contributed by atoms with Gasteiger partial charge in [-0.05, 0) is 79.8 Å². The fraction of sp³-hybridized carbons (Fsp3) is 0.259. The van der Waals surface area contributed by atoms with E-state index in [1.54, 1.807) is 26.4 Å². The largest absolute Gasteiger partial charge is 0.497 e. The van der Waals surface area contributed by atoms with E-state index in [1.807, 2.05) is 55.5 Å².